The summed E-state index contributed by atoms with van der Waals surface area (Å²) in [5, 5.41) is 11.6. The quantitative estimate of drug-likeness (QED) is 0.648. The molecule has 0 fully saturated rings. The van der Waals surface area contributed by atoms with E-state index in [2.05, 4.69) is 5.32 Å². The van der Waals surface area contributed by atoms with Gasteiger partial charge in [0.1, 0.15) is 5.75 Å². The number of ether oxygens (including phenoxy) is 1. The van der Waals surface area contributed by atoms with Crippen LogP contribution in [0.1, 0.15) is 20.7 Å². The summed E-state index contributed by atoms with van der Waals surface area (Å²) in [4.78, 5) is 35.2. The maximum atomic E-state index is 12.1. The molecule has 2 N–H and O–H groups in total. The van der Waals surface area contributed by atoms with Gasteiger partial charge >= 0.3 is 5.97 Å². The molecule has 6 nitrogen and oxygen atoms in total. The number of aromatic carboxylic acids is 1. The van der Waals surface area contributed by atoms with E-state index >= 15 is 0 Å². The molecule has 0 heterocycles. The van der Waals surface area contributed by atoms with Crippen LogP contribution in [0, 0.1) is 0 Å². The highest BCUT2D eigenvalue weighted by atomic mass is 35.5. The lowest BCUT2D eigenvalue weighted by Crippen LogP contribution is -2.24. The van der Waals surface area contributed by atoms with Crippen molar-refractivity contribution in [2.24, 2.45) is 0 Å². The van der Waals surface area contributed by atoms with Crippen LogP contribution in [0.4, 0.5) is 5.69 Å². The fourth-order valence-electron chi connectivity index (χ4n) is 1.85. The smallest absolute Gasteiger partial charge is 0.337 e. The van der Waals surface area contributed by atoms with E-state index < -0.39 is 17.7 Å². The van der Waals surface area contributed by atoms with Crippen LogP contribution >= 0.6 is 11.6 Å². The number of hydrogen-bond donors (Lipinski definition) is 2. The number of carbonyl (C=O) groups is 3. The number of halogens is 1. The van der Waals surface area contributed by atoms with Crippen LogP contribution < -0.4 is 10.1 Å². The highest BCUT2D eigenvalue weighted by Crippen LogP contribution is 2.21. The van der Waals surface area contributed by atoms with E-state index in [1.165, 1.54) is 37.4 Å². The second-order valence-corrected chi connectivity index (χ2v) is 4.94. The number of anilines is 1. The number of hydrogen-bond acceptors (Lipinski definition) is 4. The molecule has 118 valence electrons. The monoisotopic (exact) mass is 333 g/mol. The van der Waals surface area contributed by atoms with E-state index in [-0.39, 0.29) is 21.8 Å². The first kappa shape index (κ1) is 16.5. The van der Waals surface area contributed by atoms with E-state index in [1.54, 1.807) is 12.1 Å². The first-order chi connectivity index (χ1) is 10.9. The highest BCUT2D eigenvalue weighted by Gasteiger charge is 2.19. The van der Waals surface area contributed by atoms with Crippen molar-refractivity contribution in [3.8, 4) is 5.75 Å². The standard InChI is InChI=1S/C16H12ClNO5/c1-23-11-5-2-9(3-6-11)14(19)15(20)18-13-7-4-10(17)8-12(13)16(21)22/h2-8H,1H3,(H,18,20)(H,21,22). The fourth-order valence-corrected chi connectivity index (χ4v) is 2.03. The van der Waals surface area contributed by atoms with Gasteiger partial charge in [0.05, 0.1) is 18.4 Å². The van der Waals surface area contributed by atoms with Gasteiger partial charge in [-0.2, -0.15) is 0 Å². The molecule has 23 heavy (non-hydrogen) atoms. The Morgan fingerprint density at radius 3 is 2.30 bits per heavy atom. The van der Waals surface area contributed by atoms with Crippen LogP contribution in [-0.4, -0.2) is 29.9 Å². The molecule has 0 aliphatic carbocycles. The third kappa shape index (κ3) is 3.87. The minimum Gasteiger partial charge on any atom is -0.497 e. The Morgan fingerprint density at radius 1 is 1.09 bits per heavy atom. The van der Waals surface area contributed by atoms with Crippen molar-refractivity contribution >= 4 is 34.9 Å². The first-order valence-corrected chi connectivity index (χ1v) is 6.82. The van der Waals surface area contributed by atoms with Gasteiger partial charge in [-0.25, -0.2) is 4.79 Å². The number of rotatable bonds is 5. The molecule has 0 radical (unpaired) electrons. The Hall–Kier alpha value is -2.86. The molecule has 1 amide bonds. The van der Waals surface area contributed by atoms with Crippen LogP contribution in [0.5, 0.6) is 5.75 Å². The molecule has 0 unspecified atom stereocenters. The van der Waals surface area contributed by atoms with Gasteiger partial charge in [0, 0.05) is 10.6 Å². The fraction of sp³-hybridized carbons (Fsp3) is 0.0625. The number of Topliss-reactive ketones (excluding diaryl/α,β-unsaturated/α-hetero) is 1. The molecule has 2 aromatic carbocycles. The third-order valence-corrected chi connectivity index (χ3v) is 3.25. The third-order valence-electron chi connectivity index (χ3n) is 3.02. The Labute approximate surface area is 136 Å². The highest BCUT2D eigenvalue weighted by molar-refractivity contribution is 6.46. The van der Waals surface area contributed by atoms with Crippen molar-refractivity contribution in [3.05, 3.63) is 58.6 Å². The molecule has 0 aliphatic rings. The maximum absolute atomic E-state index is 12.1. The molecule has 0 saturated heterocycles. The van der Waals surface area contributed by atoms with E-state index in [4.69, 9.17) is 21.4 Å². The zero-order valence-electron chi connectivity index (χ0n) is 12.0. The Balaban J connectivity index is 2.21. The van der Waals surface area contributed by atoms with Crippen LogP contribution in [0.2, 0.25) is 5.02 Å². The predicted octanol–water partition coefficient (Wildman–Crippen LogP) is 2.87. The van der Waals surface area contributed by atoms with E-state index in [0.717, 1.165) is 0 Å². The number of nitrogens with one attached hydrogen (secondary N) is 1. The summed E-state index contributed by atoms with van der Waals surface area (Å²) >= 11 is 5.73. The lowest BCUT2D eigenvalue weighted by molar-refractivity contribution is -0.112. The number of benzene rings is 2. The average molecular weight is 334 g/mol. The summed E-state index contributed by atoms with van der Waals surface area (Å²) in [5.41, 5.74) is -0.0451. The van der Waals surface area contributed by atoms with E-state index in [0.29, 0.717) is 5.75 Å². The SMILES string of the molecule is COc1ccc(C(=O)C(=O)Nc2ccc(Cl)cc2C(=O)O)cc1. The Kier molecular flexibility index (Phi) is 4.98. The topological polar surface area (TPSA) is 92.7 Å². The Bertz CT molecular complexity index is 771. The predicted molar refractivity (Wildman–Crippen MR) is 84.4 cm³/mol. The summed E-state index contributed by atoms with van der Waals surface area (Å²) in [6, 6.07) is 9.92. The second-order valence-electron chi connectivity index (χ2n) is 4.51. The zero-order valence-corrected chi connectivity index (χ0v) is 12.8. The molecule has 0 spiro atoms. The molecule has 2 rings (SSSR count). The van der Waals surface area contributed by atoms with Crippen molar-refractivity contribution in [3.63, 3.8) is 0 Å². The van der Waals surface area contributed by atoms with Gasteiger partial charge in [0.2, 0.25) is 0 Å². The van der Waals surface area contributed by atoms with Gasteiger partial charge < -0.3 is 15.2 Å². The molecule has 0 bridgehead atoms. The molecule has 0 aromatic heterocycles. The van der Waals surface area contributed by atoms with Gasteiger partial charge in [-0.05, 0) is 42.5 Å². The van der Waals surface area contributed by atoms with E-state index in [9.17, 15) is 14.4 Å². The number of carboxylic acid groups (broad SMARTS) is 1. The number of methoxy groups -OCH3 is 1. The minimum atomic E-state index is -1.26. The summed E-state index contributed by atoms with van der Waals surface area (Å²) in [6.07, 6.45) is 0. The van der Waals surface area contributed by atoms with Crippen LogP contribution in [0.3, 0.4) is 0 Å². The Morgan fingerprint density at radius 2 is 1.74 bits per heavy atom. The molecule has 0 saturated carbocycles. The van der Waals surface area contributed by atoms with Crippen molar-refractivity contribution in [1.82, 2.24) is 0 Å². The van der Waals surface area contributed by atoms with Crippen molar-refractivity contribution in [2.45, 2.75) is 0 Å². The average Bonchev–Trinajstić information content (AvgIpc) is 2.55. The van der Waals surface area contributed by atoms with Gasteiger partial charge in [0.15, 0.2) is 0 Å². The van der Waals surface area contributed by atoms with Crippen LogP contribution in [-0.2, 0) is 4.79 Å². The van der Waals surface area contributed by atoms with Crippen molar-refractivity contribution in [2.75, 3.05) is 12.4 Å². The molecule has 0 atom stereocenters. The summed E-state index contributed by atoms with van der Waals surface area (Å²) in [6.45, 7) is 0. The molecule has 0 aliphatic heterocycles. The normalized spacial score (nSPS) is 10.0. The van der Waals surface area contributed by atoms with Gasteiger partial charge in [-0.1, -0.05) is 11.6 Å². The molecule has 7 heteroatoms. The number of carbonyl (C=O) groups excluding carboxylic acids is 2. The van der Waals surface area contributed by atoms with Crippen molar-refractivity contribution < 1.29 is 24.2 Å². The van der Waals surface area contributed by atoms with Gasteiger partial charge in [0.25, 0.3) is 11.7 Å². The summed E-state index contributed by atoms with van der Waals surface area (Å²) < 4.78 is 4.97. The summed E-state index contributed by atoms with van der Waals surface area (Å²) in [5.74, 6) is -2.45. The lowest BCUT2D eigenvalue weighted by atomic mass is 10.1. The van der Waals surface area contributed by atoms with Gasteiger partial charge in [-0.15, -0.1) is 0 Å². The second kappa shape index (κ2) is 6.93. The molecular formula is C16H12ClNO5. The zero-order chi connectivity index (χ0) is 17.0. The molecular weight excluding hydrogens is 322 g/mol. The molecule has 2 aromatic rings. The summed E-state index contributed by atoms with van der Waals surface area (Å²) in [7, 11) is 1.48. The number of carboxylic acids is 1. The van der Waals surface area contributed by atoms with Crippen LogP contribution in [0.15, 0.2) is 42.5 Å². The first-order valence-electron chi connectivity index (χ1n) is 6.45. The lowest BCUT2D eigenvalue weighted by Gasteiger charge is -2.08. The number of amides is 1. The maximum Gasteiger partial charge on any atom is 0.337 e. The van der Waals surface area contributed by atoms with E-state index in [1.807, 2.05) is 0 Å². The van der Waals surface area contributed by atoms with Gasteiger partial charge in [-0.3, -0.25) is 9.59 Å². The minimum absolute atomic E-state index is 0.00578. The van der Waals surface area contributed by atoms with Crippen molar-refractivity contribution in [1.29, 1.82) is 0 Å². The largest absolute Gasteiger partial charge is 0.497 e. The number of ketones is 1. The van der Waals surface area contributed by atoms with Crippen LogP contribution in [0.25, 0.3) is 0 Å².